The van der Waals surface area contributed by atoms with Gasteiger partial charge in [-0.3, -0.25) is 0 Å². The fraction of sp³-hybridized carbons (Fsp3) is 0.571. The zero-order chi connectivity index (χ0) is 13.0. The van der Waals surface area contributed by atoms with Gasteiger partial charge in [0.2, 0.25) is 0 Å². The molecule has 1 unspecified atom stereocenters. The Kier molecular flexibility index (Phi) is 4.55. The second-order valence-electron chi connectivity index (χ2n) is 4.89. The number of benzene rings is 1. The highest BCUT2D eigenvalue weighted by Crippen LogP contribution is 2.27. The molecule has 1 aromatic carbocycles. The molecule has 0 saturated carbocycles. The smallest absolute Gasteiger partial charge is 0.123 e. The number of anilines is 1. The van der Waals surface area contributed by atoms with Gasteiger partial charge in [-0.2, -0.15) is 0 Å². The maximum atomic E-state index is 13.2. The van der Waals surface area contributed by atoms with Crippen LogP contribution in [0, 0.1) is 11.7 Å². The van der Waals surface area contributed by atoms with Gasteiger partial charge in [-0.25, -0.2) is 4.39 Å². The van der Waals surface area contributed by atoms with Crippen molar-refractivity contribution < 1.29 is 9.13 Å². The van der Waals surface area contributed by atoms with E-state index in [1.807, 2.05) is 6.07 Å². The summed E-state index contributed by atoms with van der Waals surface area (Å²) in [6.07, 6.45) is 2.35. The molecule has 1 saturated heterocycles. The maximum Gasteiger partial charge on any atom is 0.123 e. The highest BCUT2D eigenvalue weighted by atomic mass is 19.1. The van der Waals surface area contributed by atoms with Crippen molar-refractivity contribution in [2.24, 2.45) is 11.7 Å². The van der Waals surface area contributed by atoms with E-state index in [1.54, 1.807) is 7.11 Å². The average Bonchev–Trinajstić information content (AvgIpc) is 2.39. The van der Waals surface area contributed by atoms with Crippen LogP contribution in [0.1, 0.15) is 18.4 Å². The molecule has 1 heterocycles. The third-order valence-electron chi connectivity index (χ3n) is 3.52. The average molecular weight is 252 g/mol. The van der Waals surface area contributed by atoms with Crippen molar-refractivity contribution >= 4 is 5.69 Å². The molecule has 0 radical (unpaired) electrons. The molecule has 1 atom stereocenters. The van der Waals surface area contributed by atoms with E-state index in [9.17, 15) is 4.39 Å². The van der Waals surface area contributed by atoms with E-state index in [0.29, 0.717) is 12.5 Å². The Labute approximate surface area is 108 Å². The number of hydrogen-bond acceptors (Lipinski definition) is 3. The zero-order valence-corrected chi connectivity index (χ0v) is 10.9. The summed E-state index contributed by atoms with van der Waals surface area (Å²) in [7, 11) is 1.74. The Morgan fingerprint density at radius 1 is 1.50 bits per heavy atom. The molecule has 3 nitrogen and oxygen atoms in total. The molecule has 4 heteroatoms. The van der Waals surface area contributed by atoms with E-state index in [-0.39, 0.29) is 5.82 Å². The number of methoxy groups -OCH3 is 1. The fourth-order valence-corrected chi connectivity index (χ4v) is 2.68. The Balaban J connectivity index is 2.15. The molecule has 1 fully saturated rings. The van der Waals surface area contributed by atoms with Crippen molar-refractivity contribution in [3.63, 3.8) is 0 Å². The number of halogens is 1. The van der Waals surface area contributed by atoms with Crippen molar-refractivity contribution in [2.75, 3.05) is 31.7 Å². The second-order valence-corrected chi connectivity index (χ2v) is 4.89. The van der Waals surface area contributed by atoms with E-state index in [1.165, 1.54) is 18.6 Å². The van der Waals surface area contributed by atoms with Gasteiger partial charge < -0.3 is 15.4 Å². The van der Waals surface area contributed by atoms with Crippen LogP contribution in [0.2, 0.25) is 0 Å². The Bertz CT molecular complexity index is 395. The summed E-state index contributed by atoms with van der Waals surface area (Å²) in [4.78, 5) is 2.30. The van der Waals surface area contributed by atoms with Crippen molar-refractivity contribution in [2.45, 2.75) is 19.4 Å². The van der Waals surface area contributed by atoms with Crippen molar-refractivity contribution in [1.29, 1.82) is 0 Å². The molecule has 0 aliphatic carbocycles. The highest BCUT2D eigenvalue weighted by Gasteiger charge is 2.21. The van der Waals surface area contributed by atoms with Crippen LogP contribution >= 0.6 is 0 Å². The number of piperidine rings is 1. The van der Waals surface area contributed by atoms with Crippen LogP contribution in [0.3, 0.4) is 0 Å². The summed E-state index contributed by atoms with van der Waals surface area (Å²) >= 11 is 0. The monoisotopic (exact) mass is 252 g/mol. The molecule has 100 valence electrons. The normalized spacial score (nSPS) is 20.2. The largest absolute Gasteiger partial charge is 0.384 e. The van der Waals surface area contributed by atoms with Gasteiger partial charge in [-0.05, 0) is 42.5 Å². The summed E-state index contributed by atoms with van der Waals surface area (Å²) in [5, 5.41) is 0. The molecule has 0 bridgehead atoms. The topological polar surface area (TPSA) is 38.5 Å². The molecule has 0 spiro atoms. The van der Waals surface area contributed by atoms with Crippen LogP contribution in [0.5, 0.6) is 0 Å². The minimum atomic E-state index is -0.218. The number of nitrogens with zero attached hydrogens (tertiary/aromatic N) is 1. The lowest BCUT2D eigenvalue weighted by Crippen LogP contribution is -2.37. The van der Waals surface area contributed by atoms with E-state index < -0.39 is 0 Å². The zero-order valence-electron chi connectivity index (χ0n) is 10.9. The SMILES string of the molecule is COCC1CCCN(c2ccc(F)cc2CN)C1. The quantitative estimate of drug-likeness (QED) is 0.892. The molecular weight excluding hydrogens is 231 g/mol. The Morgan fingerprint density at radius 3 is 3.06 bits per heavy atom. The van der Waals surface area contributed by atoms with E-state index >= 15 is 0 Å². The first-order valence-corrected chi connectivity index (χ1v) is 6.47. The standard InChI is InChI=1S/C14H21FN2O/c1-18-10-11-3-2-6-17(9-11)14-5-4-13(15)7-12(14)8-16/h4-5,7,11H,2-3,6,8-10,16H2,1H3. The first kappa shape index (κ1) is 13.3. The van der Waals surface area contributed by atoms with Crippen molar-refractivity contribution in [3.05, 3.63) is 29.6 Å². The first-order valence-electron chi connectivity index (χ1n) is 6.47. The fourth-order valence-electron chi connectivity index (χ4n) is 2.68. The van der Waals surface area contributed by atoms with Crippen LogP contribution in [0.25, 0.3) is 0 Å². The minimum absolute atomic E-state index is 0.218. The predicted octanol–water partition coefficient (Wildman–Crippen LogP) is 2.15. The van der Waals surface area contributed by atoms with Crippen LogP contribution < -0.4 is 10.6 Å². The third kappa shape index (κ3) is 3.00. The molecule has 1 aliphatic rings. The first-order chi connectivity index (χ1) is 8.74. The summed E-state index contributed by atoms with van der Waals surface area (Å²) in [5.41, 5.74) is 7.65. The highest BCUT2D eigenvalue weighted by molar-refractivity contribution is 5.54. The van der Waals surface area contributed by atoms with Crippen LogP contribution in [-0.2, 0) is 11.3 Å². The predicted molar refractivity (Wildman–Crippen MR) is 71.1 cm³/mol. The lowest BCUT2D eigenvalue weighted by molar-refractivity contribution is 0.143. The number of ether oxygens (including phenoxy) is 1. The lowest BCUT2D eigenvalue weighted by atomic mass is 9.97. The van der Waals surface area contributed by atoms with Gasteiger partial charge in [0.1, 0.15) is 5.82 Å². The van der Waals surface area contributed by atoms with Gasteiger partial charge in [0.15, 0.2) is 0 Å². The summed E-state index contributed by atoms with van der Waals surface area (Å²) in [5.74, 6) is 0.337. The minimum Gasteiger partial charge on any atom is -0.384 e. The summed E-state index contributed by atoms with van der Waals surface area (Å²) < 4.78 is 18.4. The lowest BCUT2D eigenvalue weighted by Gasteiger charge is -2.35. The number of rotatable bonds is 4. The second kappa shape index (κ2) is 6.16. The van der Waals surface area contributed by atoms with Crippen molar-refractivity contribution in [3.8, 4) is 0 Å². The van der Waals surface area contributed by atoms with Crippen molar-refractivity contribution in [1.82, 2.24) is 0 Å². The Morgan fingerprint density at radius 2 is 2.33 bits per heavy atom. The van der Waals surface area contributed by atoms with Gasteiger partial charge in [0.05, 0.1) is 6.61 Å². The number of hydrogen-bond donors (Lipinski definition) is 1. The number of nitrogens with two attached hydrogens (primary N) is 1. The third-order valence-corrected chi connectivity index (χ3v) is 3.52. The molecule has 2 N–H and O–H groups in total. The van der Waals surface area contributed by atoms with Crippen LogP contribution in [0.4, 0.5) is 10.1 Å². The summed E-state index contributed by atoms with van der Waals surface area (Å²) in [6, 6.07) is 4.89. The van der Waals surface area contributed by atoms with E-state index in [2.05, 4.69) is 4.90 Å². The van der Waals surface area contributed by atoms with Gasteiger partial charge in [-0.1, -0.05) is 0 Å². The van der Waals surface area contributed by atoms with Gasteiger partial charge in [0.25, 0.3) is 0 Å². The molecule has 0 aromatic heterocycles. The molecule has 0 amide bonds. The molecule has 18 heavy (non-hydrogen) atoms. The maximum absolute atomic E-state index is 13.2. The molecule has 1 aromatic rings. The van der Waals surface area contributed by atoms with Gasteiger partial charge >= 0.3 is 0 Å². The van der Waals surface area contributed by atoms with Gasteiger partial charge in [-0.15, -0.1) is 0 Å². The van der Waals surface area contributed by atoms with E-state index in [4.69, 9.17) is 10.5 Å². The van der Waals surface area contributed by atoms with Crippen LogP contribution in [0.15, 0.2) is 18.2 Å². The molecule has 1 aliphatic heterocycles. The van der Waals surface area contributed by atoms with Crippen LogP contribution in [-0.4, -0.2) is 26.8 Å². The van der Waals surface area contributed by atoms with Gasteiger partial charge in [0, 0.05) is 32.4 Å². The molecular formula is C14H21FN2O. The Hall–Kier alpha value is -1.13. The van der Waals surface area contributed by atoms with E-state index in [0.717, 1.165) is 37.4 Å². The molecule has 2 rings (SSSR count). The summed E-state index contributed by atoms with van der Waals surface area (Å²) in [6.45, 7) is 3.14.